The molecule has 2 aromatic rings. The number of aromatic nitrogens is 1. The molecule has 5 heteroatoms. The first kappa shape index (κ1) is 17.1. The minimum Gasteiger partial charge on any atom is -0.481 e. The van der Waals surface area contributed by atoms with E-state index in [4.69, 9.17) is 5.11 Å². The summed E-state index contributed by atoms with van der Waals surface area (Å²) in [5, 5.41) is 13.7. The molecule has 1 aliphatic rings. The van der Waals surface area contributed by atoms with Crippen LogP contribution in [0.4, 0.5) is 0 Å². The summed E-state index contributed by atoms with van der Waals surface area (Å²) in [6.45, 7) is 5.06. The first-order valence-corrected chi connectivity index (χ1v) is 9.33. The Morgan fingerprint density at radius 3 is 2.67 bits per heavy atom. The zero-order chi connectivity index (χ0) is 17.1. The molecule has 128 valence electrons. The number of thiazole rings is 1. The van der Waals surface area contributed by atoms with Gasteiger partial charge in [-0.05, 0) is 56.7 Å². The summed E-state index contributed by atoms with van der Waals surface area (Å²) in [6, 6.07) is 6.89. The lowest BCUT2D eigenvalue weighted by molar-refractivity contribution is -0.142. The number of benzene rings is 1. The number of carbonyl (C=O) groups is 1. The number of nitrogens with one attached hydrogen (secondary N) is 1. The lowest BCUT2D eigenvalue weighted by Gasteiger charge is -2.26. The van der Waals surface area contributed by atoms with Gasteiger partial charge in [0.25, 0.3) is 0 Å². The van der Waals surface area contributed by atoms with Crippen LogP contribution in [0.2, 0.25) is 0 Å². The molecule has 1 aliphatic carbocycles. The summed E-state index contributed by atoms with van der Waals surface area (Å²) in [5.74, 6) is -0.795. The second-order valence-corrected chi connectivity index (χ2v) is 7.81. The van der Waals surface area contributed by atoms with E-state index in [0.29, 0.717) is 6.04 Å². The Kier molecular flexibility index (Phi) is 5.31. The van der Waals surface area contributed by atoms with Gasteiger partial charge in [0, 0.05) is 29.2 Å². The number of nitrogens with zero attached hydrogens (tertiary/aromatic N) is 1. The molecule has 4 nitrogen and oxygen atoms in total. The monoisotopic (exact) mass is 344 g/mol. The van der Waals surface area contributed by atoms with Crippen molar-refractivity contribution in [3.05, 3.63) is 40.4 Å². The van der Waals surface area contributed by atoms with E-state index in [0.717, 1.165) is 37.2 Å². The number of aryl methyl sites for hydroxylation is 2. The molecule has 0 atom stereocenters. The fourth-order valence-corrected chi connectivity index (χ4v) is 4.05. The Balaban J connectivity index is 1.55. The van der Waals surface area contributed by atoms with Crippen molar-refractivity contribution in [3.8, 4) is 10.6 Å². The molecule has 0 bridgehead atoms. The van der Waals surface area contributed by atoms with Crippen molar-refractivity contribution < 1.29 is 9.90 Å². The van der Waals surface area contributed by atoms with Gasteiger partial charge in [0.2, 0.25) is 0 Å². The topological polar surface area (TPSA) is 62.2 Å². The summed E-state index contributed by atoms with van der Waals surface area (Å²) < 4.78 is 0. The van der Waals surface area contributed by atoms with Crippen LogP contribution in [-0.4, -0.2) is 22.1 Å². The molecule has 0 aliphatic heterocycles. The summed E-state index contributed by atoms with van der Waals surface area (Å²) in [5.41, 5.74) is 3.77. The highest BCUT2D eigenvalue weighted by atomic mass is 32.1. The third-order valence-electron chi connectivity index (χ3n) is 4.95. The minimum absolute atomic E-state index is 0.150. The Labute approximate surface area is 146 Å². The highest BCUT2D eigenvalue weighted by Crippen LogP contribution is 2.28. The maximum atomic E-state index is 11.0. The smallest absolute Gasteiger partial charge is 0.306 e. The predicted octanol–water partition coefficient (Wildman–Crippen LogP) is 4.16. The van der Waals surface area contributed by atoms with Crippen LogP contribution in [0.3, 0.4) is 0 Å². The van der Waals surface area contributed by atoms with E-state index in [1.54, 1.807) is 11.3 Å². The number of carboxylic acids is 1. The van der Waals surface area contributed by atoms with E-state index < -0.39 is 5.97 Å². The average molecular weight is 344 g/mol. The van der Waals surface area contributed by atoms with Crippen molar-refractivity contribution in [1.29, 1.82) is 0 Å². The first-order valence-electron chi connectivity index (χ1n) is 8.51. The van der Waals surface area contributed by atoms with E-state index in [1.807, 2.05) is 6.20 Å². The van der Waals surface area contributed by atoms with Gasteiger partial charge in [0.1, 0.15) is 5.01 Å². The van der Waals surface area contributed by atoms with Crippen LogP contribution in [0.25, 0.3) is 10.6 Å². The van der Waals surface area contributed by atoms with Gasteiger partial charge in [0.05, 0.1) is 5.92 Å². The van der Waals surface area contributed by atoms with Crippen LogP contribution < -0.4 is 5.32 Å². The van der Waals surface area contributed by atoms with Crippen LogP contribution in [0.15, 0.2) is 24.4 Å². The zero-order valence-corrected chi connectivity index (χ0v) is 15.0. The van der Waals surface area contributed by atoms with E-state index in [-0.39, 0.29) is 5.92 Å². The second-order valence-electron chi connectivity index (χ2n) is 6.70. The van der Waals surface area contributed by atoms with Gasteiger partial charge in [-0.1, -0.05) is 12.1 Å². The lowest BCUT2D eigenvalue weighted by Crippen LogP contribution is -2.34. The number of hydrogen-bond donors (Lipinski definition) is 2. The van der Waals surface area contributed by atoms with Gasteiger partial charge in [0.15, 0.2) is 0 Å². The SMILES string of the molecule is Cc1ccc(-c2ncc(CNC3CCC(C(=O)O)CC3)s2)cc1C. The predicted molar refractivity (Wildman–Crippen MR) is 97.2 cm³/mol. The minimum atomic E-state index is -0.645. The highest BCUT2D eigenvalue weighted by Gasteiger charge is 2.25. The maximum absolute atomic E-state index is 11.0. The fourth-order valence-electron chi connectivity index (χ4n) is 3.19. The van der Waals surface area contributed by atoms with Crippen LogP contribution in [-0.2, 0) is 11.3 Å². The molecule has 0 amide bonds. The van der Waals surface area contributed by atoms with E-state index in [1.165, 1.54) is 21.6 Å². The molecular formula is C19H24N2O2S. The van der Waals surface area contributed by atoms with Gasteiger partial charge < -0.3 is 10.4 Å². The lowest BCUT2D eigenvalue weighted by atomic mass is 9.86. The summed E-state index contributed by atoms with van der Waals surface area (Å²) >= 11 is 1.73. The van der Waals surface area contributed by atoms with Crippen molar-refractivity contribution >= 4 is 17.3 Å². The zero-order valence-electron chi connectivity index (χ0n) is 14.2. The largest absolute Gasteiger partial charge is 0.481 e. The Morgan fingerprint density at radius 2 is 2.00 bits per heavy atom. The molecule has 2 N–H and O–H groups in total. The van der Waals surface area contributed by atoms with Gasteiger partial charge in [-0.2, -0.15) is 0 Å². The van der Waals surface area contributed by atoms with Gasteiger partial charge in [-0.25, -0.2) is 4.98 Å². The molecule has 0 radical (unpaired) electrons. The molecular weight excluding hydrogens is 320 g/mol. The Hall–Kier alpha value is -1.72. The van der Waals surface area contributed by atoms with E-state index in [9.17, 15) is 4.79 Å². The number of carboxylic acid groups (broad SMARTS) is 1. The van der Waals surface area contributed by atoms with E-state index in [2.05, 4.69) is 42.3 Å². The van der Waals surface area contributed by atoms with Crippen LogP contribution >= 0.6 is 11.3 Å². The quantitative estimate of drug-likeness (QED) is 0.855. The van der Waals surface area contributed by atoms with E-state index >= 15 is 0 Å². The summed E-state index contributed by atoms with van der Waals surface area (Å²) in [6.07, 6.45) is 5.40. The molecule has 1 saturated carbocycles. The first-order chi connectivity index (χ1) is 11.5. The molecule has 24 heavy (non-hydrogen) atoms. The maximum Gasteiger partial charge on any atom is 0.306 e. The second kappa shape index (κ2) is 7.45. The van der Waals surface area contributed by atoms with Crippen molar-refractivity contribution in [2.75, 3.05) is 0 Å². The van der Waals surface area contributed by atoms with Crippen molar-refractivity contribution in [2.24, 2.45) is 5.92 Å². The van der Waals surface area contributed by atoms with Crippen molar-refractivity contribution in [1.82, 2.24) is 10.3 Å². The molecule has 0 unspecified atom stereocenters. The van der Waals surface area contributed by atoms with Crippen LogP contribution in [0.1, 0.15) is 41.7 Å². The van der Waals surface area contributed by atoms with Gasteiger partial charge in [-0.3, -0.25) is 4.79 Å². The molecule has 3 rings (SSSR count). The van der Waals surface area contributed by atoms with Crippen molar-refractivity contribution in [2.45, 2.75) is 52.1 Å². The molecule has 0 spiro atoms. The Bertz CT molecular complexity index is 718. The highest BCUT2D eigenvalue weighted by molar-refractivity contribution is 7.15. The third kappa shape index (κ3) is 4.02. The van der Waals surface area contributed by atoms with Crippen molar-refractivity contribution in [3.63, 3.8) is 0 Å². The van der Waals surface area contributed by atoms with Gasteiger partial charge in [-0.15, -0.1) is 11.3 Å². The molecule has 1 aromatic carbocycles. The molecule has 0 saturated heterocycles. The third-order valence-corrected chi connectivity index (χ3v) is 6.00. The van der Waals surface area contributed by atoms with Crippen LogP contribution in [0.5, 0.6) is 0 Å². The molecule has 1 heterocycles. The molecule has 1 aromatic heterocycles. The number of hydrogen-bond acceptors (Lipinski definition) is 4. The normalized spacial score (nSPS) is 20.9. The summed E-state index contributed by atoms with van der Waals surface area (Å²) in [4.78, 5) is 16.8. The van der Waals surface area contributed by atoms with Gasteiger partial charge >= 0.3 is 5.97 Å². The average Bonchev–Trinajstić information content (AvgIpc) is 3.05. The standard InChI is InChI=1S/C19H24N2O2S/c1-12-3-4-15(9-13(12)2)18-21-11-17(24-18)10-20-16-7-5-14(6-8-16)19(22)23/h3-4,9,11,14,16,20H,5-8,10H2,1-2H3,(H,22,23). The van der Waals surface area contributed by atoms with Crippen LogP contribution in [0, 0.1) is 19.8 Å². The number of aliphatic carboxylic acids is 1. The molecule has 1 fully saturated rings. The fraction of sp³-hybridized carbons (Fsp3) is 0.474. The number of rotatable bonds is 5. The summed E-state index contributed by atoms with van der Waals surface area (Å²) in [7, 11) is 0. The Morgan fingerprint density at radius 1 is 1.25 bits per heavy atom.